The lowest BCUT2D eigenvalue weighted by Gasteiger charge is -2.06. The molecule has 2 rings (SSSR count). The summed E-state index contributed by atoms with van der Waals surface area (Å²) in [4.78, 5) is 23.4. The van der Waals surface area contributed by atoms with Crippen LogP contribution in [0.2, 0.25) is 0 Å². The predicted molar refractivity (Wildman–Crippen MR) is 52.6 cm³/mol. The summed E-state index contributed by atoms with van der Waals surface area (Å²) in [6.45, 7) is 0. The zero-order chi connectivity index (χ0) is 10.1. The van der Waals surface area contributed by atoms with E-state index < -0.39 is 0 Å². The molecule has 0 saturated carbocycles. The Kier molecular flexibility index (Phi) is 2.37. The Morgan fingerprint density at radius 1 is 1.71 bits per heavy atom. The van der Waals surface area contributed by atoms with Crippen LogP contribution in [0, 0.1) is 0 Å². The lowest BCUT2D eigenvalue weighted by molar-refractivity contribution is -0.141. The standard InChI is InChI=1S/C10H10O3S/c1-13-9(12)5-6-4-8(11)10-7(6)2-3-14-10/h2-3,6H,4-5H2,1H3. The van der Waals surface area contributed by atoms with E-state index in [0.29, 0.717) is 12.8 Å². The fourth-order valence-electron chi connectivity index (χ4n) is 1.76. The maximum Gasteiger partial charge on any atom is 0.306 e. The zero-order valence-corrected chi connectivity index (χ0v) is 8.60. The molecule has 1 aliphatic carbocycles. The SMILES string of the molecule is COC(=O)CC1CC(=O)c2sccc21. The molecule has 0 fully saturated rings. The second-order valence-corrected chi connectivity index (χ2v) is 4.23. The van der Waals surface area contributed by atoms with Gasteiger partial charge in [0.05, 0.1) is 18.4 Å². The molecule has 1 unspecified atom stereocenters. The number of carbonyl (C=O) groups excluding carboxylic acids is 2. The lowest BCUT2D eigenvalue weighted by Crippen LogP contribution is -2.06. The molecule has 1 aliphatic rings. The number of methoxy groups -OCH3 is 1. The van der Waals surface area contributed by atoms with Crippen LogP contribution in [0.4, 0.5) is 0 Å². The predicted octanol–water partition coefficient (Wildman–Crippen LogP) is 1.98. The maximum atomic E-state index is 11.5. The third-order valence-electron chi connectivity index (χ3n) is 2.46. The van der Waals surface area contributed by atoms with Gasteiger partial charge in [0.15, 0.2) is 5.78 Å². The molecule has 0 N–H and O–H groups in total. The molecule has 0 aromatic carbocycles. The molecule has 4 heteroatoms. The largest absolute Gasteiger partial charge is 0.469 e. The van der Waals surface area contributed by atoms with Crippen molar-refractivity contribution in [3.05, 3.63) is 21.9 Å². The normalized spacial score (nSPS) is 19.5. The number of esters is 1. The third-order valence-corrected chi connectivity index (χ3v) is 3.43. The molecule has 1 heterocycles. The van der Waals surface area contributed by atoms with E-state index in [4.69, 9.17) is 0 Å². The summed E-state index contributed by atoms with van der Waals surface area (Å²) in [5.41, 5.74) is 1.02. The van der Waals surface area contributed by atoms with E-state index in [1.165, 1.54) is 18.4 Å². The second-order valence-electron chi connectivity index (χ2n) is 3.31. The van der Waals surface area contributed by atoms with Crippen LogP contribution >= 0.6 is 11.3 Å². The number of fused-ring (bicyclic) bond motifs is 1. The van der Waals surface area contributed by atoms with Crippen molar-refractivity contribution < 1.29 is 14.3 Å². The molecule has 0 spiro atoms. The number of Topliss-reactive ketones (excluding diaryl/α,β-unsaturated/α-hetero) is 1. The Morgan fingerprint density at radius 2 is 2.50 bits per heavy atom. The van der Waals surface area contributed by atoms with Crippen LogP contribution in [0.3, 0.4) is 0 Å². The van der Waals surface area contributed by atoms with Crippen LogP contribution in [0.5, 0.6) is 0 Å². The summed E-state index contributed by atoms with van der Waals surface area (Å²) in [5.74, 6) is -0.0537. The molecular weight excluding hydrogens is 200 g/mol. The number of carbonyl (C=O) groups is 2. The molecule has 74 valence electrons. The van der Waals surface area contributed by atoms with Crippen molar-refractivity contribution in [2.45, 2.75) is 18.8 Å². The molecule has 1 aromatic rings. The Morgan fingerprint density at radius 3 is 3.21 bits per heavy atom. The van der Waals surface area contributed by atoms with Crippen molar-refractivity contribution in [3.63, 3.8) is 0 Å². The smallest absolute Gasteiger partial charge is 0.306 e. The number of ether oxygens (including phenoxy) is 1. The molecule has 0 aliphatic heterocycles. The van der Waals surface area contributed by atoms with Crippen LogP contribution in [0.15, 0.2) is 11.4 Å². The van der Waals surface area contributed by atoms with Crippen molar-refractivity contribution in [1.82, 2.24) is 0 Å². The van der Waals surface area contributed by atoms with Crippen molar-refractivity contribution in [3.8, 4) is 0 Å². The Labute approximate surface area is 85.7 Å². The highest BCUT2D eigenvalue weighted by molar-refractivity contribution is 7.12. The molecule has 0 bridgehead atoms. The van der Waals surface area contributed by atoms with Crippen LogP contribution in [-0.2, 0) is 9.53 Å². The summed E-state index contributed by atoms with van der Waals surface area (Å²) in [5, 5.41) is 1.89. The molecule has 0 saturated heterocycles. The minimum atomic E-state index is -0.248. The first kappa shape index (κ1) is 9.40. The van der Waals surface area contributed by atoms with Gasteiger partial charge in [0.1, 0.15) is 0 Å². The molecule has 0 amide bonds. The quantitative estimate of drug-likeness (QED) is 0.701. The number of hydrogen-bond donors (Lipinski definition) is 0. The van der Waals surface area contributed by atoms with Crippen molar-refractivity contribution in [2.24, 2.45) is 0 Å². The van der Waals surface area contributed by atoms with E-state index in [1.807, 2.05) is 11.4 Å². The summed E-state index contributed by atoms with van der Waals surface area (Å²) < 4.78 is 4.59. The third kappa shape index (κ3) is 1.46. The van der Waals surface area contributed by atoms with Gasteiger partial charge in [-0.1, -0.05) is 0 Å². The van der Waals surface area contributed by atoms with Gasteiger partial charge < -0.3 is 4.74 Å². The topological polar surface area (TPSA) is 43.4 Å². The van der Waals surface area contributed by atoms with Crippen molar-refractivity contribution >= 4 is 23.1 Å². The number of thiophene rings is 1. The van der Waals surface area contributed by atoms with Gasteiger partial charge in [0, 0.05) is 12.3 Å². The Hall–Kier alpha value is -1.16. The van der Waals surface area contributed by atoms with Gasteiger partial charge in [-0.15, -0.1) is 11.3 Å². The summed E-state index contributed by atoms with van der Waals surface area (Å²) in [6, 6.07) is 1.93. The molecule has 3 nitrogen and oxygen atoms in total. The average Bonchev–Trinajstić information content (AvgIpc) is 2.72. The highest BCUT2D eigenvalue weighted by Gasteiger charge is 2.31. The van der Waals surface area contributed by atoms with E-state index in [-0.39, 0.29) is 17.7 Å². The second kappa shape index (κ2) is 3.53. The monoisotopic (exact) mass is 210 g/mol. The Bertz CT molecular complexity index is 380. The average molecular weight is 210 g/mol. The fourth-order valence-corrected chi connectivity index (χ4v) is 2.70. The van der Waals surface area contributed by atoms with Gasteiger partial charge >= 0.3 is 5.97 Å². The summed E-state index contributed by atoms with van der Waals surface area (Å²) in [7, 11) is 1.37. The highest BCUT2D eigenvalue weighted by atomic mass is 32.1. The summed E-state index contributed by atoms with van der Waals surface area (Å²) in [6.07, 6.45) is 0.767. The van der Waals surface area contributed by atoms with Gasteiger partial charge in [-0.2, -0.15) is 0 Å². The first-order chi connectivity index (χ1) is 6.72. The van der Waals surface area contributed by atoms with Gasteiger partial charge in [-0.25, -0.2) is 0 Å². The van der Waals surface area contributed by atoms with E-state index in [1.54, 1.807) is 0 Å². The van der Waals surface area contributed by atoms with Crippen LogP contribution < -0.4 is 0 Å². The van der Waals surface area contributed by atoms with Crippen LogP contribution in [0.1, 0.15) is 34.0 Å². The van der Waals surface area contributed by atoms with E-state index in [9.17, 15) is 9.59 Å². The van der Waals surface area contributed by atoms with E-state index in [0.717, 1.165) is 10.4 Å². The van der Waals surface area contributed by atoms with Crippen molar-refractivity contribution in [1.29, 1.82) is 0 Å². The molecule has 0 radical (unpaired) electrons. The fraction of sp³-hybridized carbons (Fsp3) is 0.400. The lowest BCUT2D eigenvalue weighted by atomic mass is 10.0. The van der Waals surface area contributed by atoms with Gasteiger partial charge in [0.2, 0.25) is 0 Å². The van der Waals surface area contributed by atoms with Crippen LogP contribution in [0.25, 0.3) is 0 Å². The minimum Gasteiger partial charge on any atom is -0.469 e. The van der Waals surface area contributed by atoms with E-state index >= 15 is 0 Å². The van der Waals surface area contributed by atoms with Gasteiger partial charge in [0.25, 0.3) is 0 Å². The zero-order valence-electron chi connectivity index (χ0n) is 7.78. The van der Waals surface area contributed by atoms with Crippen LogP contribution in [-0.4, -0.2) is 18.9 Å². The Balaban J connectivity index is 2.18. The van der Waals surface area contributed by atoms with E-state index in [2.05, 4.69) is 4.74 Å². The number of hydrogen-bond acceptors (Lipinski definition) is 4. The van der Waals surface area contributed by atoms with Gasteiger partial charge in [-0.05, 0) is 17.0 Å². The van der Waals surface area contributed by atoms with Gasteiger partial charge in [-0.3, -0.25) is 9.59 Å². The maximum absolute atomic E-state index is 11.5. The first-order valence-electron chi connectivity index (χ1n) is 4.39. The van der Waals surface area contributed by atoms with Crippen molar-refractivity contribution in [2.75, 3.05) is 7.11 Å². The highest BCUT2D eigenvalue weighted by Crippen LogP contribution is 2.38. The molecule has 1 atom stereocenters. The first-order valence-corrected chi connectivity index (χ1v) is 5.27. The summed E-state index contributed by atoms with van der Waals surface area (Å²) >= 11 is 1.46. The molecule has 14 heavy (non-hydrogen) atoms. The molecule has 1 aromatic heterocycles. The number of ketones is 1. The minimum absolute atomic E-state index is 0.0381. The molecular formula is C10H10O3S. The number of rotatable bonds is 2.